The highest BCUT2D eigenvalue weighted by atomic mass is 16.3. The van der Waals surface area contributed by atoms with Gasteiger partial charge in [-0.05, 0) is 37.4 Å². The van der Waals surface area contributed by atoms with E-state index in [1.807, 2.05) is 17.0 Å². The molecule has 0 saturated carbocycles. The lowest BCUT2D eigenvalue weighted by Gasteiger charge is -2.40. The van der Waals surface area contributed by atoms with Gasteiger partial charge >= 0.3 is 0 Å². The number of phenolic OH excluding ortho intramolecular Hbond substituents is 1. The second-order valence-corrected chi connectivity index (χ2v) is 8.17. The maximum Gasteiger partial charge on any atom is 0.227 e. The first-order valence-corrected chi connectivity index (χ1v) is 9.95. The maximum atomic E-state index is 12.8. The Kier molecular flexibility index (Phi) is 5.17. The Labute approximate surface area is 161 Å². The molecular formula is C23H28N2O2. The van der Waals surface area contributed by atoms with E-state index < -0.39 is 0 Å². The van der Waals surface area contributed by atoms with Crippen LogP contribution in [0.3, 0.4) is 0 Å². The maximum absolute atomic E-state index is 12.8. The quantitative estimate of drug-likeness (QED) is 0.904. The third-order valence-corrected chi connectivity index (χ3v) is 6.11. The predicted octanol–water partition coefficient (Wildman–Crippen LogP) is 3.45. The van der Waals surface area contributed by atoms with Gasteiger partial charge in [0.15, 0.2) is 0 Å². The van der Waals surface area contributed by atoms with Crippen molar-refractivity contribution in [3.8, 4) is 5.75 Å². The Morgan fingerprint density at radius 3 is 2.56 bits per heavy atom. The third kappa shape index (κ3) is 4.16. The average Bonchev–Trinajstić information content (AvgIpc) is 3.08. The van der Waals surface area contributed by atoms with Gasteiger partial charge in [-0.25, -0.2) is 0 Å². The molecule has 2 aliphatic rings. The first-order chi connectivity index (χ1) is 13.1. The van der Waals surface area contributed by atoms with Crippen LogP contribution in [0, 0.1) is 5.41 Å². The van der Waals surface area contributed by atoms with Crippen molar-refractivity contribution in [2.24, 2.45) is 5.41 Å². The summed E-state index contributed by atoms with van der Waals surface area (Å²) in [6.45, 7) is 4.90. The molecule has 1 unspecified atom stereocenters. The van der Waals surface area contributed by atoms with Crippen LogP contribution < -0.4 is 0 Å². The normalized spacial score (nSPS) is 23.0. The number of nitrogens with zero attached hydrogens (tertiary/aromatic N) is 2. The number of piperidine rings is 1. The first-order valence-electron chi connectivity index (χ1n) is 9.95. The Balaban J connectivity index is 1.37. The van der Waals surface area contributed by atoms with Crippen molar-refractivity contribution in [1.82, 2.24) is 9.80 Å². The molecule has 4 heteroatoms. The van der Waals surface area contributed by atoms with Crippen LogP contribution in [0.4, 0.5) is 0 Å². The molecular weight excluding hydrogens is 336 g/mol. The van der Waals surface area contributed by atoms with Gasteiger partial charge in [0.1, 0.15) is 5.75 Å². The average molecular weight is 364 g/mol. The van der Waals surface area contributed by atoms with Crippen LogP contribution in [0.5, 0.6) is 5.75 Å². The predicted molar refractivity (Wildman–Crippen MR) is 106 cm³/mol. The fourth-order valence-corrected chi connectivity index (χ4v) is 4.70. The number of carbonyl (C=O) groups is 1. The van der Waals surface area contributed by atoms with Gasteiger partial charge in [0, 0.05) is 37.2 Å². The number of aromatic hydroxyl groups is 1. The van der Waals surface area contributed by atoms with Crippen LogP contribution in [-0.4, -0.2) is 47.0 Å². The third-order valence-electron chi connectivity index (χ3n) is 6.11. The lowest BCUT2D eigenvalue weighted by molar-refractivity contribution is -0.130. The van der Waals surface area contributed by atoms with Gasteiger partial charge in [-0.1, -0.05) is 48.5 Å². The van der Waals surface area contributed by atoms with Crippen LogP contribution in [0.15, 0.2) is 54.6 Å². The molecule has 2 heterocycles. The van der Waals surface area contributed by atoms with Crippen LogP contribution in [0.1, 0.15) is 30.4 Å². The molecule has 0 radical (unpaired) electrons. The minimum atomic E-state index is 0.133. The van der Waals surface area contributed by atoms with E-state index in [9.17, 15) is 9.90 Å². The lowest BCUT2D eigenvalue weighted by Crippen LogP contribution is -2.45. The van der Waals surface area contributed by atoms with Crippen LogP contribution in [-0.2, 0) is 17.8 Å². The second-order valence-electron chi connectivity index (χ2n) is 8.17. The molecule has 1 atom stereocenters. The summed E-state index contributed by atoms with van der Waals surface area (Å²) < 4.78 is 0. The zero-order valence-electron chi connectivity index (χ0n) is 15.8. The summed E-state index contributed by atoms with van der Waals surface area (Å²) in [7, 11) is 0. The van der Waals surface area contributed by atoms with E-state index >= 15 is 0 Å². The first kappa shape index (κ1) is 18.1. The number of para-hydroxylation sites is 1. The zero-order chi connectivity index (χ0) is 18.7. The largest absolute Gasteiger partial charge is 0.508 e. The van der Waals surface area contributed by atoms with E-state index in [2.05, 4.69) is 35.2 Å². The zero-order valence-corrected chi connectivity index (χ0v) is 15.8. The SMILES string of the molecule is O=C(Cc1ccccc1O)N1CCC2(CCCN(Cc3ccccc3)C2)C1. The summed E-state index contributed by atoms with van der Waals surface area (Å²) in [4.78, 5) is 17.3. The molecule has 1 N–H and O–H groups in total. The number of rotatable bonds is 4. The molecule has 27 heavy (non-hydrogen) atoms. The van der Waals surface area contributed by atoms with Gasteiger partial charge in [0.05, 0.1) is 6.42 Å². The van der Waals surface area contributed by atoms with Crippen molar-refractivity contribution in [1.29, 1.82) is 0 Å². The fraction of sp³-hybridized carbons (Fsp3) is 0.435. The lowest BCUT2D eigenvalue weighted by atomic mass is 9.79. The van der Waals surface area contributed by atoms with Crippen LogP contribution in [0.2, 0.25) is 0 Å². The van der Waals surface area contributed by atoms with Crippen molar-refractivity contribution < 1.29 is 9.90 Å². The Bertz CT molecular complexity index is 792. The molecule has 0 bridgehead atoms. The van der Waals surface area contributed by atoms with Gasteiger partial charge in [0.25, 0.3) is 0 Å². The summed E-state index contributed by atoms with van der Waals surface area (Å²) in [6.07, 6.45) is 3.79. The standard InChI is InChI=1S/C23H28N2O2/c26-21-10-5-4-9-20(21)15-22(27)25-14-12-23(18-25)11-6-13-24(17-23)16-19-7-2-1-3-8-19/h1-5,7-10,26H,6,11-18H2. The molecule has 2 aromatic rings. The van der Waals surface area contributed by atoms with Gasteiger partial charge < -0.3 is 10.0 Å². The Hall–Kier alpha value is -2.33. The van der Waals surface area contributed by atoms with Gasteiger partial charge in [0.2, 0.25) is 5.91 Å². The molecule has 2 saturated heterocycles. The monoisotopic (exact) mass is 364 g/mol. The molecule has 2 aromatic carbocycles. The summed E-state index contributed by atoms with van der Waals surface area (Å²) in [5, 5.41) is 9.94. The number of hydrogen-bond donors (Lipinski definition) is 1. The molecule has 142 valence electrons. The number of benzene rings is 2. The summed E-state index contributed by atoms with van der Waals surface area (Å²) >= 11 is 0. The Morgan fingerprint density at radius 2 is 1.74 bits per heavy atom. The minimum absolute atomic E-state index is 0.133. The number of likely N-dealkylation sites (tertiary alicyclic amines) is 2. The minimum Gasteiger partial charge on any atom is -0.508 e. The van der Waals surface area contributed by atoms with E-state index in [1.165, 1.54) is 18.4 Å². The number of phenols is 1. The summed E-state index contributed by atoms with van der Waals surface area (Å²) in [5.41, 5.74) is 2.32. The smallest absolute Gasteiger partial charge is 0.227 e. The molecule has 0 aromatic heterocycles. The van der Waals surface area contributed by atoms with Gasteiger partial charge in [-0.3, -0.25) is 9.69 Å². The van der Waals surface area contributed by atoms with E-state index in [1.54, 1.807) is 12.1 Å². The topological polar surface area (TPSA) is 43.8 Å². The number of carbonyl (C=O) groups excluding carboxylic acids is 1. The molecule has 2 fully saturated rings. The van der Waals surface area contributed by atoms with E-state index in [4.69, 9.17) is 0 Å². The molecule has 1 amide bonds. The Morgan fingerprint density at radius 1 is 0.963 bits per heavy atom. The van der Waals surface area contributed by atoms with E-state index in [0.29, 0.717) is 0 Å². The van der Waals surface area contributed by atoms with Crippen LogP contribution in [0.25, 0.3) is 0 Å². The highest BCUT2D eigenvalue weighted by Crippen LogP contribution is 2.39. The second kappa shape index (κ2) is 7.73. The summed E-state index contributed by atoms with van der Waals surface area (Å²) in [5.74, 6) is 0.347. The molecule has 4 rings (SSSR count). The highest BCUT2D eigenvalue weighted by molar-refractivity contribution is 5.79. The highest BCUT2D eigenvalue weighted by Gasteiger charge is 2.42. The van der Waals surface area contributed by atoms with Crippen molar-refractivity contribution >= 4 is 5.91 Å². The number of hydrogen-bond acceptors (Lipinski definition) is 3. The fourth-order valence-electron chi connectivity index (χ4n) is 4.70. The van der Waals surface area contributed by atoms with E-state index in [0.717, 1.165) is 44.7 Å². The number of amides is 1. The van der Waals surface area contributed by atoms with Gasteiger partial charge in [-0.2, -0.15) is 0 Å². The molecule has 1 spiro atoms. The molecule has 2 aliphatic heterocycles. The summed E-state index contributed by atoms with van der Waals surface area (Å²) in [6, 6.07) is 17.8. The van der Waals surface area contributed by atoms with E-state index in [-0.39, 0.29) is 23.5 Å². The molecule has 4 nitrogen and oxygen atoms in total. The molecule has 0 aliphatic carbocycles. The van der Waals surface area contributed by atoms with Gasteiger partial charge in [-0.15, -0.1) is 0 Å². The van der Waals surface area contributed by atoms with Crippen molar-refractivity contribution in [2.45, 2.75) is 32.2 Å². The van der Waals surface area contributed by atoms with Crippen molar-refractivity contribution in [3.63, 3.8) is 0 Å². The van der Waals surface area contributed by atoms with Crippen molar-refractivity contribution in [3.05, 3.63) is 65.7 Å². The van der Waals surface area contributed by atoms with Crippen LogP contribution >= 0.6 is 0 Å². The van der Waals surface area contributed by atoms with Crippen molar-refractivity contribution in [2.75, 3.05) is 26.2 Å².